The molecule has 124 valence electrons. The molecule has 0 heterocycles. The Morgan fingerprint density at radius 1 is 1.17 bits per heavy atom. The molecule has 1 aromatic carbocycles. The largest absolute Gasteiger partial charge is 0.493 e. The number of hydrogen-bond donors (Lipinski definition) is 1. The Hall–Kier alpha value is -1.22. The van der Waals surface area contributed by atoms with Crippen molar-refractivity contribution in [3.8, 4) is 11.5 Å². The first-order valence-corrected chi connectivity index (χ1v) is 8.96. The van der Waals surface area contributed by atoms with E-state index >= 15 is 0 Å². The normalized spacial score (nSPS) is 45.7. The molecule has 2 unspecified atom stereocenters. The molecule has 4 aliphatic carbocycles. The first-order chi connectivity index (χ1) is 11.0. The SMILES string of the molecule is COc1ccc2c(c1OC)[C@@]13CC(C)CC[C@@]1(O)[C@@H]1CC1(C2)C3. The summed E-state index contributed by atoms with van der Waals surface area (Å²) in [5, 5.41) is 11.8. The lowest BCUT2D eigenvalue weighted by atomic mass is 9.54. The number of benzene rings is 1. The summed E-state index contributed by atoms with van der Waals surface area (Å²) in [7, 11) is 3.44. The highest BCUT2D eigenvalue weighted by atomic mass is 16.5. The van der Waals surface area contributed by atoms with Crippen molar-refractivity contribution in [2.24, 2.45) is 17.3 Å². The number of rotatable bonds is 2. The van der Waals surface area contributed by atoms with E-state index in [0.717, 1.165) is 43.6 Å². The van der Waals surface area contributed by atoms with Crippen molar-refractivity contribution in [2.75, 3.05) is 14.2 Å². The summed E-state index contributed by atoms with van der Waals surface area (Å²) in [4.78, 5) is 0. The zero-order valence-electron chi connectivity index (χ0n) is 14.3. The van der Waals surface area contributed by atoms with Crippen LogP contribution >= 0.6 is 0 Å². The van der Waals surface area contributed by atoms with Gasteiger partial charge >= 0.3 is 0 Å². The fraction of sp³-hybridized carbons (Fsp3) is 0.700. The van der Waals surface area contributed by atoms with Gasteiger partial charge in [0.2, 0.25) is 0 Å². The molecule has 2 bridgehead atoms. The Morgan fingerprint density at radius 2 is 2.00 bits per heavy atom. The van der Waals surface area contributed by atoms with E-state index in [9.17, 15) is 5.11 Å². The molecule has 0 aliphatic heterocycles. The maximum absolute atomic E-state index is 11.8. The Bertz CT molecular complexity index is 698. The second-order valence-electron chi connectivity index (χ2n) is 8.66. The topological polar surface area (TPSA) is 38.7 Å². The number of hydrogen-bond acceptors (Lipinski definition) is 3. The van der Waals surface area contributed by atoms with E-state index in [0.29, 0.717) is 17.3 Å². The third-order valence-electron chi connectivity index (χ3n) is 7.62. The van der Waals surface area contributed by atoms with Gasteiger partial charge in [0.15, 0.2) is 11.5 Å². The van der Waals surface area contributed by atoms with Gasteiger partial charge in [-0.15, -0.1) is 0 Å². The van der Waals surface area contributed by atoms with Crippen molar-refractivity contribution in [3.05, 3.63) is 23.3 Å². The van der Waals surface area contributed by atoms with Crippen molar-refractivity contribution < 1.29 is 14.6 Å². The van der Waals surface area contributed by atoms with Gasteiger partial charge in [-0.25, -0.2) is 0 Å². The van der Waals surface area contributed by atoms with Gasteiger partial charge in [-0.2, -0.15) is 0 Å². The summed E-state index contributed by atoms with van der Waals surface area (Å²) in [6.07, 6.45) is 6.63. The summed E-state index contributed by atoms with van der Waals surface area (Å²) in [5.74, 6) is 2.82. The molecule has 23 heavy (non-hydrogen) atoms. The lowest BCUT2D eigenvalue weighted by Crippen LogP contribution is -2.55. The van der Waals surface area contributed by atoms with Crippen LogP contribution in [0.1, 0.15) is 50.2 Å². The van der Waals surface area contributed by atoms with Gasteiger partial charge in [0.05, 0.1) is 19.8 Å². The Balaban J connectivity index is 1.80. The standard InChI is InChI=1S/C20H26O3/c1-12-6-7-20(21)15-10-18(15)9-13-4-5-14(22-2)17(23-3)16(13)19(20,8-12)11-18/h4-5,12,15,21H,6-11H2,1-3H3/t12?,15-,18?,19+,20-/m1/s1. The molecule has 4 aliphatic rings. The van der Waals surface area contributed by atoms with Crippen LogP contribution < -0.4 is 9.47 Å². The van der Waals surface area contributed by atoms with E-state index < -0.39 is 5.60 Å². The molecule has 1 aromatic rings. The summed E-state index contributed by atoms with van der Waals surface area (Å²) in [6.45, 7) is 2.34. The van der Waals surface area contributed by atoms with Crippen molar-refractivity contribution in [1.29, 1.82) is 0 Å². The lowest BCUT2D eigenvalue weighted by Gasteiger charge is -2.52. The van der Waals surface area contributed by atoms with Crippen LogP contribution in [0.2, 0.25) is 0 Å². The highest BCUT2D eigenvalue weighted by Gasteiger charge is 2.80. The molecule has 0 radical (unpaired) electrons. The van der Waals surface area contributed by atoms with Crippen LogP contribution in [0.3, 0.4) is 0 Å². The monoisotopic (exact) mass is 314 g/mol. The number of aliphatic hydroxyl groups is 1. The maximum Gasteiger partial charge on any atom is 0.164 e. The highest BCUT2D eigenvalue weighted by molar-refractivity contribution is 5.61. The van der Waals surface area contributed by atoms with Gasteiger partial charge in [0.1, 0.15) is 0 Å². The molecule has 3 fully saturated rings. The van der Waals surface area contributed by atoms with E-state index in [2.05, 4.69) is 13.0 Å². The first-order valence-electron chi connectivity index (χ1n) is 8.96. The molecule has 5 rings (SSSR count). The zero-order chi connectivity index (χ0) is 16.0. The zero-order valence-corrected chi connectivity index (χ0v) is 14.3. The van der Waals surface area contributed by atoms with Gasteiger partial charge in [-0.3, -0.25) is 0 Å². The minimum Gasteiger partial charge on any atom is -0.493 e. The summed E-state index contributed by atoms with van der Waals surface area (Å²) in [5.41, 5.74) is 2.37. The Labute approximate surface area is 138 Å². The average Bonchev–Trinajstić information content (AvgIpc) is 3.19. The summed E-state index contributed by atoms with van der Waals surface area (Å²) >= 11 is 0. The summed E-state index contributed by atoms with van der Waals surface area (Å²) < 4.78 is 11.4. The van der Waals surface area contributed by atoms with Crippen LogP contribution in [0.25, 0.3) is 0 Å². The van der Waals surface area contributed by atoms with Crippen molar-refractivity contribution >= 4 is 0 Å². The minimum atomic E-state index is -0.537. The molecule has 3 heteroatoms. The van der Waals surface area contributed by atoms with Gasteiger partial charge in [-0.05, 0) is 67.4 Å². The highest BCUT2D eigenvalue weighted by Crippen LogP contribution is 2.81. The molecule has 2 spiro atoms. The van der Waals surface area contributed by atoms with E-state index in [-0.39, 0.29) is 5.41 Å². The predicted molar refractivity (Wildman–Crippen MR) is 88.0 cm³/mol. The van der Waals surface area contributed by atoms with Crippen molar-refractivity contribution in [2.45, 2.75) is 56.5 Å². The Morgan fingerprint density at radius 3 is 2.74 bits per heavy atom. The van der Waals surface area contributed by atoms with Gasteiger partial charge in [0, 0.05) is 11.0 Å². The molecule has 3 nitrogen and oxygen atoms in total. The van der Waals surface area contributed by atoms with Gasteiger partial charge in [-0.1, -0.05) is 13.0 Å². The van der Waals surface area contributed by atoms with Crippen LogP contribution in [0.5, 0.6) is 11.5 Å². The molecule has 0 aromatic heterocycles. The van der Waals surface area contributed by atoms with E-state index in [4.69, 9.17) is 9.47 Å². The predicted octanol–water partition coefficient (Wildman–Crippen LogP) is 3.46. The average molecular weight is 314 g/mol. The quantitative estimate of drug-likeness (QED) is 0.908. The van der Waals surface area contributed by atoms with Crippen LogP contribution in [0.15, 0.2) is 12.1 Å². The van der Waals surface area contributed by atoms with Crippen LogP contribution in [-0.2, 0) is 11.8 Å². The third-order valence-corrected chi connectivity index (χ3v) is 7.62. The van der Waals surface area contributed by atoms with E-state index in [1.165, 1.54) is 17.5 Å². The van der Waals surface area contributed by atoms with Crippen molar-refractivity contribution in [3.63, 3.8) is 0 Å². The number of fused-ring (bicyclic) bond motifs is 2. The van der Waals surface area contributed by atoms with Crippen LogP contribution in [0.4, 0.5) is 0 Å². The van der Waals surface area contributed by atoms with Crippen LogP contribution in [-0.4, -0.2) is 24.9 Å². The first kappa shape index (κ1) is 14.2. The van der Waals surface area contributed by atoms with Crippen LogP contribution in [0, 0.1) is 17.3 Å². The van der Waals surface area contributed by atoms with E-state index in [1.54, 1.807) is 14.2 Å². The number of ether oxygens (including phenoxy) is 2. The fourth-order valence-electron chi connectivity index (χ4n) is 6.82. The van der Waals surface area contributed by atoms with Gasteiger partial charge < -0.3 is 14.6 Å². The molecular formula is C20H26O3. The molecular weight excluding hydrogens is 288 g/mol. The van der Waals surface area contributed by atoms with Gasteiger partial charge in [0.25, 0.3) is 0 Å². The molecule has 3 saturated carbocycles. The molecule has 0 amide bonds. The van der Waals surface area contributed by atoms with E-state index in [1.807, 2.05) is 6.07 Å². The maximum atomic E-state index is 11.8. The summed E-state index contributed by atoms with van der Waals surface area (Å²) in [6, 6.07) is 4.26. The molecule has 0 saturated heterocycles. The minimum absolute atomic E-state index is 0.124. The lowest BCUT2D eigenvalue weighted by molar-refractivity contribution is -0.0825. The second-order valence-corrected chi connectivity index (χ2v) is 8.66. The van der Waals surface area contributed by atoms with Crippen molar-refractivity contribution in [1.82, 2.24) is 0 Å². The third kappa shape index (κ3) is 1.42. The fourth-order valence-corrected chi connectivity index (χ4v) is 6.82. The Kier molecular flexibility index (Phi) is 2.49. The molecule has 5 atom stereocenters. The molecule has 1 N–H and O–H groups in total. The number of methoxy groups -OCH3 is 2. The smallest absolute Gasteiger partial charge is 0.164 e. The second kappa shape index (κ2) is 4.05.